The fraction of sp³-hybridized carbons (Fsp3) is 0.0400. The van der Waals surface area contributed by atoms with Gasteiger partial charge in [0, 0.05) is 33.5 Å². The first-order valence-electron chi connectivity index (χ1n) is 17.9. The van der Waals surface area contributed by atoms with E-state index < -0.39 is 0 Å². The minimum atomic E-state index is 1.13. The van der Waals surface area contributed by atoms with Crippen molar-refractivity contribution < 1.29 is 0 Å². The van der Waals surface area contributed by atoms with E-state index in [0.717, 1.165) is 22.6 Å². The van der Waals surface area contributed by atoms with E-state index in [-0.39, 0.29) is 0 Å². The molecule has 0 aliphatic heterocycles. The Bertz CT molecular complexity index is 2610. The summed E-state index contributed by atoms with van der Waals surface area (Å²) in [7, 11) is 0. The van der Waals surface area contributed by atoms with Gasteiger partial charge >= 0.3 is 0 Å². The average molecular weight is 667 g/mol. The normalized spacial score (nSPS) is 11.6. The summed E-state index contributed by atoms with van der Waals surface area (Å²) in [5, 5.41) is 5.03. The van der Waals surface area contributed by atoms with Crippen LogP contribution < -0.4 is 4.90 Å². The minimum Gasteiger partial charge on any atom is -0.311 e. The first-order chi connectivity index (χ1) is 25.6. The Labute approximate surface area is 305 Å². The molecule has 0 spiro atoms. The number of benzene rings is 8. The lowest BCUT2D eigenvalue weighted by molar-refractivity contribution is 1.18. The van der Waals surface area contributed by atoms with Crippen molar-refractivity contribution in [2.75, 3.05) is 4.90 Å². The zero-order valence-electron chi connectivity index (χ0n) is 29.4. The van der Waals surface area contributed by atoms with Gasteiger partial charge in [-0.2, -0.15) is 0 Å². The highest BCUT2D eigenvalue weighted by atomic mass is 15.1. The molecular weight excluding hydrogens is 629 g/mol. The van der Waals surface area contributed by atoms with Crippen molar-refractivity contribution in [3.8, 4) is 16.8 Å². The molecule has 0 saturated heterocycles. The smallest absolute Gasteiger partial charge is 0.0541 e. The number of para-hydroxylation sites is 2. The number of anilines is 3. The summed E-state index contributed by atoms with van der Waals surface area (Å²) in [4.78, 5) is 2.31. The van der Waals surface area contributed by atoms with Crippen molar-refractivity contribution in [3.05, 3.63) is 204 Å². The maximum absolute atomic E-state index is 2.36. The van der Waals surface area contributed by atoms with Crippen molar-refractivity contribution >= 4 is 61.8 Å². The maximum Gasteiger partial charge on any atom is 0.0541 e. The molecule has 9 aromatic rings. The largest absolute Gasteiger partial charge is 0.311 e. The second kappa shape index (κ2) is 13.2. The van der Waals surface area contributed by atoms with Gasteiger partial charge in [0.2, 0.25) is 0 Å². The molecule has 0 fully saturated rings. The molecule has 0 atom stereocenters. The number of fused-ring (bicyclic) bond motifs is 4. The van der Waals surface area contributed by atoms with Crippen molar-refractivity contribution in [2.45, 2.75) is 13.8 Å². The van der Waals surface area contributed by atoms with Crippen LogP contribution >= 0.6 is 0 Å². The van der Waals surface area contributed by atoms with Crippen LogP contribution in [0.25, 0.3) is 61.5 Å². The standard InChI is InChI=1S/C50H38N2/c1-35-11-25-43(26-12-35)51(44-27-13-36(2)14-28-44)45-29-18-37(19-30-45)15-16-38-17-20-42-34-41(22-21-40(42)33-38)39-23-31-46(32-24-39)52-49-9-5-3-7-47(49)48-8-4-6-10-50(48)52/h3-34H,1-2H3/b16-15+. The summed E-state index contributed by atoms with van der Waals surface area (Å²) in [6.45, 7) is 4.25. The van der Waals surface area contributed by atoms with Crippen molar-refractivity contribution in [1.82, 2.24) is 4.57 Å². The minimum absolute atomic E-state index is 1.13. The highest BCUT2D eigenvalue weighted by molar-refractivity contribution is 6.09. The summed E-state index contributed by atoms with van der Waals surface area (Å²) < 4.78 is 2.36. The van der Waals surface area contributed by atoms with E-state index in [4.69, 9.17) is 0 Å². The van der Waals surface area contributed by atoms with E-state index in [1.165, 1.54) is 66.1 Å². The quantitative estimate of drug-likeness (QED) is 0.154. The van der Waals surface area contributed by atoms with Crippen LogP contribution in [0.15, 0.2) is 182 Å². The van der Waals surface area contributed by atoms with Gasteiger partial charge in [-0.3, -0.25) is 0 Å². The molecule has 0 unspecified atom stereocenters. The van der Waals surface area contributed by atoms with E-state index in [1.807, 2.05) is 0 Å². The highest BCUT2D eigenvalue weighted by Crippen LogP contribution is 2.36. The van der Waals surface area contributed by atoms with E-state index in [0.29, 0.717) is 0 Å². The third kappa shape index (κ3) is 5.95. The molecule has 2 nitrogen and oxygen atoms in total. The van der Waals surface area contributed by atoms with Gasteiger partial charge in [0.25, 0.3) is 0 Å². The summed E-state index contributed by atoms with van der Waals surface area (Å²) in [6, 6.07) is 66.0. The topological polar surface area (TPSA) is 8.17 Å². The van der Waals surface area contributed by atoms with E-state index >= 15 is 0 Å². The van der Waals surface area contributed by atoms with E-state index in [1.54, 1.807) is 0 Å². The molecule has 1 aromatic heterocycles. The number of hydrogen-bond donors (Lipinski definition) is 0. The van der Waals surface area contributed by atoms with E-state index in [9.17, 15) is 0 Å². The monoisotopic (exact) mass is 666 g/mol. The van der Waals surface area contributed by atoms with Gasteiger partial charge in [0.05, 0.1) is 11.0 Å². The van der Waals surface area contributed by atoms with Crippen LogP contribution in [-0.4, -0.2) is 4.57 Å². The zero-order chi connectivity index (χ0) is 35.0. The Morgan fingerprint density at radius 2 is 0.865 bits per heavy atom. The third-order valence-corrected chi connectivity index (χ3v) is 10.1. The van der Waals surface area contributed by atoms with Crippen LogP contribution in [0.5, 0.6) is 0 Å². The molecule has 0 aliphatic rings. The van der Waals surface area contributed by atoms with E-state index in [2.05, 4.69) is 217 Å². The predicted molar refractivity (Wildman–Crippen MR) is 223 cm³/mol. The first kappa shape index (κ1) is 31.3. The van der Waals surface area contributed by atoms with Gasteiger partial charge in [-0.05, 0) is 120 Å². The zero-order valence-corrected chi connectivity index (χ0v) is 29.4. The van der Waals surface area contributed by atoms with Crippen LogP contribution in [0, 0.1) is 13.8 Å². The van der Waals surface area contributed by atoms with Crippen LogP contribution in [0.1, 0.15) is 22.3 Å². The maximum atomic E-state index is 2.36. The Morgan fingerprint density at radius 1 is 0.404 bits per heavy atom. The summed E-state index contributed by atoms with van der Waals surface area (Å²) >= 11 is 0. The molecule has 9 rings (SSSR count). The van der Waals surface area contributed by atoms with Crippen LogP contribution in [0.3, 0.4) is 0 Å². The van der Waals surface area contributed by atoms with Gasteiger partial charge in [0.15, 0.2) is 0 Å². The number of hydrogen-bond acceptors (Lipinski definition) is 1. The molecule has 0 radical (unpaired) electrons. The highest BCUT2D eigenvalue weighted by Gasteiger charge is 2.13. The molecule has 2 heteroatoms. The molecule has 52 heavy (non-hydrogen) atoms. The lowest BCUT2D eigenvalue weighted by atomic mass is 9.99. The lowest BCUT2D eigenvalue weighted by Crippen LogP contribution is -2.09. The average Bonchev–Trinajstić information content (AvgIpc) is 3.53. The van der Waals surface area contributed by atoms with Crippen molar-refractivity contribution in [2.24, 2.45) is 0 Å². The van der Waals surface area contributed by atoms with Crippen LogP contribution in [0.2, 0.25) is 0 Å². The predicted octanol–water partition coefficient (Wildman–Crippen LogP) is 13.9. The second-order valence-corrected chi connectivity index (χ2v) is 13.7. The number of rotatable bonds is 7. The Morgan fingerprint density at radius 3 is 1.46 bits per heavy atom. The van der Waals surface area contributed by atoms with Gasteiger partial charge in [-0.25, -0.2) is 0 Å². The van der Waals surface area contributed by atoms with Crippen LogP contribution in [-0.2, 0) is 0 Å². The molecule has 0 amide bonds. The SMILES string of the molecule is Cc1ccc(N(c2ccc(C)cc2)c2ccc(/C=C/c3ccc4cc(-c5ccc(-n6c7ccccc7c7ccccc76)cc5)ccc4c3)cc2)cc1. The Balaban J connectivity index is 0.944. The summed E-state index contributed by atoms with van der Waals surface area (Å²) in [5.41, 5.74) is 14.3. The number of aryl methyl sites for hydroxylation is 2. The molecule has 8 aromatic carbocycles. The molecule has 0 saturated carbocycles. The second-order valence-electron chi connectivity index (χ2n) is 13.7. The molecule has 0 aliphatic carbocycles. The molecule has 0 N–H and O–H groups in total. The Hall–Kier alpha value is -6.64. The van der Waals surface area contributed by atoms with Gasteiger partial charge in [0.1, 0.15) is 0 Å². The number of aromatic nitrogens is 1. The Kier molecular flexibility index (Phi) is 7.98. The summed E-state index contributed by atoms with van der Waals surface area (Å²) in [6.07, 6.45) is 4.40. The first-order valence-corrected chi connectivity index (χ1v) is 17.9. The molecular formula is C50H38N2. The van der Waals surface area contributed by atoms with Gasteiger partial charge in [-0.15, -0.1) is 0 Å². The molecule has 248 valence electrons. The number of nitrogens with zero attached hydrogens (tertiary/aromatic N) is 2. The summed E-state index contributed by atoms with van der Waals surface area (Å²) in [5.74, 6) is 0. The van der Waals surface area contributed by atoms with Gasteiger partial charge < -0.3 is 9.47 Å². The van der Waals surface area contributed by atoms with Crippen LogP contribution in [0.4, 0.5) is 17.1 Å². The lowest BCUT2D eigenvalue weighted by Gasteiger charge is -2.25. The molecule has 0 bridgehead atoms. The van der Waals surface area contributed by atoms with Crippen molar-refractivity contribution in [1.29, 1.82) is 0 Å². The van der Waals surface area contributed by atoms with Gasteiger partial charge in [-0.1, -0.05) is 132 Å². The fourth-order valence-corrected chi connectivity index (χ4v) is 7.31. The molecule has 1 heterocycles. The van der Waals surface area contributed by atoms with Crippen molar-refractivity contribution in [3.63, 3.8) is 0 Å². The third-order valence-electron chi connectivity index (χ3n) is 10.1. The fourth-order valence-electron chi connectivity index (χ4n) is 7.31.